The van der Waals surface area contributed by atoms with E-state index < -0.39 is 78.6 Å². The smallest absolute Gasteiger partial charge is 0.303 e. The Hall–Kier alpha value is -4.22. The van der Waals surface area contributed by atoms with Gasteiger partial charge in [0.25, 0.3) is 40.5 Å². The van der Waals surface area contributed by atoms with Crippen molar-refractivity contribution in [2.75, 3.05) is 96.1 Å². The van der Waals surface area contributed by atoms with Crippen molar-refractivity contribution in [1.29, 1.82) is 0 Å². The zero-order chi connectivity index (χ0) is 52.5. The number of benzene rings is 2. The van der Waals surface area contributed by atoms with Crippen LogP contribution >= 0.6 is 0 Å². The van der Waals surface area contributed by atoms with Gasteiger partial charge >= 0.3 is 5.97 Å². The minimum atomic E-state index is -4.68. The van der Waals surface area contributed by atoms with Gasteiger partial charge in [-0.2, -0.15) is 38.2 Å². The third kappa shape index (κ3) is 18.0. The van der Waals surface area contributed by atoms with Crippen LogP contribution in [0.4, 0.5) is 11.4 Å². The fourth-order valence-electron chi connectivity index (χ4n) is 8.33. The van der Waals surface area contributed by atoms with Gasteiger partial charge < -0.3 is 33.7 Å². The number of ether oxygens (including phenoxy) is 5. The highest BCUT2D eigenvalue weighted by atomic mass is 32.2. The normalized spacial score (nSPS) is 19.3. The van der Waals surface area contributed by atoms with Crippen molar-refractivity contribution in [2.45, 2.75) is 73.0 Å². The fourth-order valence-corrected chi connectivity index (χ4v) is 10.7. The summed E-state index contributed by atoms with van der Waals surface area (Å²) in [7, 11) is -16.7. The predicted octanol–water partition coefficient (Wildman–Crippen LogP) is 4.78. The summed E-state index contributed by atoms with van der Waals surface area (Å²) in [5.41, 5.74) is 0.440. The van der Waals surface area contributed by atoms with Crippen LogP contribution in [-0.2, 0) is 79.8 Å². The molecule has 396 valence electrons. The number of anilines is 1. The molecule has 71 heavy (non-hydrogen) atoms. The lowest BCUT2D eigenvalue weighted by Gasteiger charge is -2.30. The van der Waals surface area contributed by atoms with Crippen molar-refractivity contribution in [3.8, 4) is 0 Å². The Morgan fingerprint density at radius 2 is 1.14 bits per heavy atom. The maximum Gasteiger partial charge on any atom is 0.303 e. The van der Waals surface area contributed by atoms with E-state index in [4.69, 9.17) is 28.8 Å². The highest BCUT2D eigenvalue weighted by Gasteiger charge is 2.49. The van der Waals surface area contributed by atoms with Crippen LogP contribution < -0.4 is 4.90 Å². The second-order valence-electron chi connectivity index (χ2n) is 17.1. The number of allylic oxidation sites excluding steroid dienone is 8. The molecule has 0 saturated heterocycles. The van der Waals surface area contributed by atoms with E-state index in [0.717, 1.165) is 0 Å². The Bertz CT molecular complexity index is 2770. The van der Waals surface area contributed by atoms with E-state index in [1.165, 1.54) is 36.4 Å². The van der Waals surface area contributed by atoms with Crippen molar-refractivity contribution >= 4 is 63.5 Å². The monoisotopic (exact) mass is 1080 g/mol. The fraction of sp³-hybridized carbons (Fsp3) is 0.522. The lowest BCUT2D eigenvalue weighted by Crippen LogP contribution is -2.33. The molecule has 2 heterocycles. The van der Waals surface area contributed by atoms with E-state index in [1.54, 1.807) is 63.5 Å². The summed E-state index contributed by atoms with van der Waals surface area (Å²) in [6, 6.07) is 7.97. The number of unbranched alkanes of at least 4 members (excludes halogenated alkanes) is 2. The maximum absolute atomic E-state index is 12.3. The first-order valence-electron chi connectivity index (χ1n) is 22.6. The SMILES string of the molecule is COCCOCCOCCOCCOCCN1/C(=C/C=C/C=C/C=C/C2=[N+](CCCCCC(=O)O)c3ccc(S(=O)(=O)O)cc3C2(C)CCS(=O)(=O)O)C(C)(CCS(=O)(=O)O)c2cc(S(=O)(=O)O)ccc21. The number of fused-ring (bicyclic) bond motifs is 2. The average molecular weight is 1080 g/mol. The number of carbonyl (C=O) groups is 1. The van der Waals surface area contributed by atoms with Gasteiger partial charge in [-0.3, -0.25) is 23.0 Å². The lowest BCUT2D eigenvalue weighted by atomic mass is 9.77. The predicted molar refractivity (Wildman–Crippen MR) is 263 cm³/mol. The minimum Gasteiger partial charge on any atom is -0.481 e. The number of aliphatic carboxylic acids is 1. The van der Waals surface area contributed by atoms with Crippen molar-refractivity contribution in [1.82, 2.24) is 0 Å². The van der Waals surface area contributed by atoms with Crippen molar-refractivity contribution < 1.29 is 90.0 Å². The van der Waals surface area contributed by atoms with Crippen molar-refractivity contribution in [3.05, 3.63) is 95.8 Å². The van der Waals surface area contributed by atoms with Gasteiger partial charge in [0.1, 0.15) is 6.54 Å². The van der Waals surface area contributed by atoms with E-state index in [0.29, 0.717) is 99.4 Å². The summed E-state index contributed by atoms with van der Waals surface area (Å²) in [6.45, 7) is 7.04. The largest absolute Gasteiger partial charge is 0.481 e. The van der Waals surface area contributed by atoms with Crippen LogP contribution in [0.25, 0.3) is 0 Å². The Morgan fingerprint density at radius 1 is 0.634 bits per heavy atom. The third-order valence-corrected chi connectivity index (χ3v) is 15.1. The molecule has 2 aromatic rings. The zero-order valence-corrected chi connectivity index (χ0v) is 43.2. The standard InChI is InChI=1S/C46H64N2O19S4/c1-45(19-32-68(51,52)53)38-34-36(70(57,58)59)15-17-40(38)47(21-11-7-10-14-44(49)50)42(45)12-8-5-4-6-9-13-43-46(2,20-33-69(54,55)56)39-35-37(71(60,61)62)16-18-41(39)48(43)22-23-64-26-27-66-30-31-67-29-28-65-25-24-63-3/h4-6,8-9,12-13,15-18,34-35H,7,10-11,14,19-33H2,1-3H3,(H4-,49,50,51,52,53,54,55,56,57,58,59,60,61,62)/p+1. The molecule has 4 rings (SSSR count). The van der Waals surface area contributed by atoms with Crippen LogP contribution in [0.5, 0.6) is 0 Å². The second-order valence-corrected chi connectivity index (χ2v) is 23.0. The molecule has 0 aromatic heterocycles. The Morgan fingerprint density at radius 3 is 1.69 bits per heavy atom. The molecule has 5 N–H and O–H groups in total. The molecule has 0 radical (unpaired) electrons. The molecule has 0 saturated carbocycles. The minimum absolute atomic E-state index is 0.0363. The average Bonchev–Trinajstić information content (AvgIpc) is 3.66. The molecule has 2 unspecified atom stereocenters. The van der Waals surface area contributed by atoms with Gasteiger partial charge in [-0.05, 0) is 81.5 Å². The van der Waals surface area contributed by atoms with Crippen LogP contribution in [-0.4, -0.2) is 164 Å². The molecule has 0 fully saturated rings. The molecule has 0 aliphatic carbocycles. The van der Waals surface area contributed by atoms with E-state index in [-0.39, 0.29) is 45.6 Å². The van der Waals surface area contributed by atoms with Crippen LogP contribution in [0, 0.1) is 0 Å². The second kappa shape index (κ2) is 26.6. The molecular formula is C46H65N2O19S4+. The number of hydrogen-bond acceptors (Lipinski definition) is 15. The molecule has 2 aromatic carbocycles. The summed E-state index contributed by atoms with van der Waals surface area (Å²) < 4.78 is 166. The Kier molecular flexibility index (Phi) is 22.3. The van der Waals surface area contributed by atoms with Gasteiger partial charge in [0, 0.05) is 61.0 Å². The van der Waals surface area contributed by atoms with Gasteiger partial charge in [0.15, 0.2) is 5.71 Å². The summed E-state index contributed by atoms with van der Waals surface area (Å²) in [6.07, 6.45) is 12.7. The molecule has 2 aliphatic rings. The zero-order valence-electron chi connectivity index (χ0n) is 39.9. The first kappa shape index (κ1) is 59.3. The summed E-state index contributed by atoms with van der Waals surface area (Å²) >= 11 is 0. The first-order valence-corrected chi connectivity index (χ1v) is 28.7. The van der Waals surface area contributed by atoms with Crippen LogP contribution in [0.3, 0.4) is 0 Å². The number of carboxylic acid groups (broad SMARTS) is 1. The quantitative estimate of drug-likeness (QED) is 0.0278. The molecule has 2 aliphatic heterocycles. The Labute approximate surface area is 416 Å². The lowest BCUT2D eigenvalue weighted by molar-refractivity contribution is -0.438. The first-order chi connectivity index (χ1) is 33.3. The molecule has 25 heteroatoms. The molecule has 0 bridgehead atoms. The molecular weight excluding hydrogens is 1010 g/mol. The highest BCUT2D eigenvalue weighted by molar-refractivity contribution is 7.86. The number of carboxylic acids is 1. The summed E-state index contributed by atoms with van der Waals surface area (Å²) in [5.74, 6) is -2.30. The summed E-state index contributed by atoms with van der Waals surface area (Å²) in [5, 5.41) is 9.12. The molecule has 0 amide bonds. The van der Waals surface area contributed by atoms with E-state index in [2.05, 4.69) is 0 Å². The highest BCUT2D eigenvalue weighted by Crippen LogP contribution is 2.51. The van der Waals surface area contributed by atoms with Crippen molar-refractivity contribution in [2.24, 2.45) is 0 Å². The number of hydrogen-bond donors (Lipinski definition) is 5. The molecule has 2 atom stereocenters. The van der Waals surface area contributed by atoms with E-state index in [1.807, 2.05) is 9.48 Å². The number of methoxy groups -OCH3 is 1. The van der Waals surface area contributed by atoms with Gasteiger partial charge in [0.2, 0.25) is 5.69 Å². The van der Waals surface area contributed by atoms with Crippen LogP contribution in [0.2, 0.25) is 0 Å². The topological polar surface area (TPSA) is 307 Å². The van der Waals surface area contributed by atoms with Gasteiger partial charge in [-0.15, -0.1) is 0 Å². The van der Waals surface area contributed by atoms with Crippen LogP contribution in [0.15, 0.2) is 94.4 Å². The molecule has 0 spiro atoms. The van der Waals surface area contributed by atoms with Crippen LogP contribution in [0.1, 0.15) is 63.5 Å². The van der Waals surface area contributed by atoms with Crippen molar-refractivity contribution in [3.63, 3.8) is 0 Å². The number of nitrogens with zero attached hydrogens (tertiary/aromatic N) is 2. The van der Waals surface area contributed by atoms with E-state index >= 15 is 0 Å². The maximum atomic E-state index is 12.3. The molecule has 21 nitrogen and oxygen atoms in total. The Balaban J connectivity index is 1.62. The summed E-state index contributed by atoms with van der Waals surface area (Å²) in [4.78, 5) is 12.1. The van der Waals surface area contributed by atoms with Gasteiger partial charge in [-0.1, -0.05) is 30.4 Å². The van der Waals surface area contributed by atoms with E-state index in [9.17, 15) is 56.7 Å². The third-order valence-electron chi connectivity index (χ3n) is 12.0. The number of rotatable bonds is 33. The van der Waals surface area contributed by atoms with Gasteiger partial charge in [-0.25, -0.2) is 0 Å². The van der Waals surface area contributed by atoms with Gasteiger partial charge in [0.05, 0.1) is 86.2 Å².